The number of benzene rings is 3. The highest BCUT2D eigenvalue weighted by Gasteiger charge is 2.34. The van der Waals surface area contributed by atoms with Crippen LogP contribution in [-0.2, 0) is 4.79 Å². The number of carbonyl (C=O) groups is 2. The lowest BCUT2D eigenvalue weighted by Crippen LogP contribution is -2.41. The van der Waals surface area contributed by atoms with Gasteiger partial charge in [0.05, 0.1) is 6.04 Å². The molecule has 4 rings (SSSR count). The smallest absolute Gasteiger partial charge is 0.410 e. The lowest BCUT2D eigenvalue weighted by atomic mass is 9.84. The number of nitrogens with one attached hydrogen (secondary N) is 1. The minimum absolute atomic E-state index is 0.289. The van der Waals surface area contributed by atoms with Gasteiger partial charge in [-0.25, -0.2) is 4.79 Å². The number of carbonyl (C=O) groups excluding carboxylic acids is 2. The number of amides is 2. The first kappa shape index (κ1) is 25.5. The SMILES string of the molecule is C=CC(=O)Nc1ccc(C2C(C)=C(c3cc(Cl)ccc3C)CCN2C(=O)Oc2ccc(Cl)cc2)cc1. The van der Waals surface area contributed by atoms with Crippen molar-refractivity contribution in [3.63, 3.8) is 0 Å². The number of hydrogen-bond donors (Lipinski definition) is 1. The molecule has 2 amide bonds. The number of hydrogen-bond acceptors (Lipinski definition) is 3. The number of halogens is 2. The first-order chi connectivity index (χ1) is 17.3. The van der Waals surface area contributed by atoms with Crippen molar-refractivity contribution >= 4 is 46.5 Å². The van der Waals surface area contributed by atoms with Crippen LogP contribution in [0.5, 0.6) is 5.75 Å². The van der Waals surface area contributed by atoms with Crippen LogP contribution < -0.4 is 10.1 Å². The Balaban J connectivity index is 1.73. The zero-order valence-corrected chi connectivity index (χ0v) is 21.6. The first-order valence-electron chi connectivity index (χ1n) is 11.5. The monoisotopic (exact) mass is 520 g/mol. The van der Waals surface area contributed by atoms with Crippen molar-refractivity contribution in [1.82, 2.24) is 4.90 Å². The number of rotatable bonds is 5. The molecule has 36 heavy (non-hydrogen) atoms. The van der Waals surface area contributed by atoms with Crippen LogP contribution in [0, 0.1) is 6.92 Å². The molecule has 1 aliphatic heterocycles. The number of aryl methyl sites for hydroxylation is 1. The van der Waals surface area contributed by atoms with Gasteiger partial charge in [0.25, 0.3) is 0 Å². The maximum absolute atomic E-state index is 13.4. The van der Waals surface area contributed by atoms with Gasteiger partial charge < -0.3 is 10.1 Å². The van der Waals surface area contributed by atoms with Crippen LogP contribution in [0.25, 0.3) is 5.57 Å². The highest BCUT2D eigenvalue weighted by Crippen LogP contribution is 2.41. The van der Waals surface area contributed by atoms with Crippen LogP contribution in [0.1, 0.15) is 36.1 Å². The predicted octanol–water partition coefficient (Wildman–Crippen LogP) is 7.85. The molecule has 0 aliphatic carbocycles. The zero-order chi connectivity index (χ0) is 25.8. The molecule has 184 valence electrons. The molecule has 0 bridgehead atoms. The number of ether oxygens (including phenoxy) is 1. The second-order valence-corrected chi connectivity index (χ2v) is 9.48. The van der Waals surface area contributed by atoms with E-state index in [1.807, 2.05) is 49.4 Å². The Kier molecular flexibility index (Phi) is 7.82. The molecule has 1 aliphatic rings. The first-order valence-corrected chi connectivity index (χ1v) is 12.3. The van der Waals surface area contributed by atoms with Crippen LogP contribution in [0.2, 0.25) is 10.0 Å². The van der Waals surface area contributed by atoms with E-state index in [4.69, 9.17) is 27.9 Å². The predicted molar refractivity (Wildman–Crippen MR) is 146 cm³/mol. The summed E-state index contributed by atoms with van der Waals surface area (Å²) in [7, 11) is 0. The normalized spacial score (nSPS) is 15.4. The molecule has 0 spiro atoms. The molecule has 0 saturated carbocycles. The van der Waals surface area contributed by atoms with E-state index in [-0.39, 0.29) is 11.9 Å². The summed E-state index contributed by atoms with van der Waals surface area (Å²) in [6.45, 7) is 8.04. The third-order valence-corrected chi connectivity index (χ3v) is 6.75. The summed E-state index contributed by atoms with van der Waals surface area (Å²) < 4.78 is 5.70. The fraction of sp³-hybridized carbons (Fsp3) is 0.172. The van der Waals surface area contributed by atoms with Crippen molar-refractivity contribution in [2.45, 2.75) is 26.3 Å². The molecule has 0 fully saturated rings. The van der Waals surface area contributed by atoms with E-state index in [1.165, 1.54) is 6.08 Å². The molecule has 5 nitrogen and oxygen atoms in total. The summed E-state index contributed by atoms with van der Waals surface area (Å²) >= 11 is 12.3. The van der Waals surface area contributed by atoms with Crippen LogP contribution >= 0.6 is 23.2 Å². The van der Waals surface area contributed by atoms with Crippen molar-refractivity contribution in [2.75, 3.05) is 11.9 Å². The fourth-order valence-electron chi connectivity index (χ4n) is 4.45. The molecule has 1 unspecified atom stereocenters. The summed E-state index contributed by atoms with van der Waals surface area (Å²) in [6.07, 6.45) is 1.43. The van der Waals surface area contributed by atoms with Gasteiger partial charge in [-0.05, 0) is 103 Å². The van der Waals surface area contributed by atoms with Gasteiger partial charge in [-0.1, -0.05) is 48.0 Å². The van der Waals surface area contributed by atoms with Gasteiger partial charge in [-0.3, -0.25) is 9.69 Å². The van der Waals surface area contributed by atoms with E-state index in [2.05, 4.69) is 18.8 Å². The van der Waals surface area contributed by atoms with E-state index >= 15 is 0 Å². The van der Waals surface area contributed by atoms with E-state index in [1.54, 1.807) is 29.2 Å². The van der Waals surface area contributed by atoms with Gasteiger partial charge >= 0.3 is 6.09 Å². The topological polar surface area (TPSA) is 58.6 Å². The molecular formula is C29H26Cl2N2O3. The Morgan fingerprint density at radius 2 is 1.67 bits per heavy atom. The number of anilines is 1. The van der Waals surface area contributed by atoms with Crippen LogP contribution in [0.3, 0.4) is 0 Å². The summed E-state index contributed by atoms with van der Waals surface area (Å²) in [6, 6.07) is 19.6. The Morgan fingerprint density at radius 3 is 2.33 bits per heavy atom. The van der Waals surface area contributed by atoms with Gasteiger partial charge in [0.1, 0.15) is 5.75 Å². The van der Waals surface area contributed by atoms with Gasteiger partial charge in [-0.15, -0.1) is 0 Å². The van der Waals surface area contributed by atoms with E-state index < -0.39 is 6.09 Å². The van der Waals surface area contributed by atoms with Gasteiger partial charge in [0.15, 0.2) is 0 Å². The molecule has 0 radical (unpaired) electrons. The molecule has 7 heteroatoms. The van der Waals surface area contributed by atoms with Crippen molar-refractivity contribution in [3.05, 3.63) is 112 Å². The maximum Gasteiger partial charge on any atom is 0.416 e. The minimum atomic E-state index is -0.451. The Labute approximate surface area is 221 Å². The van der Waals surface area contributed by atoms with Crippen LogP contribution in [0.15, 0.2) is 85.0 Å². The summed E-state index contributed by atoms with van der Waals surface area (Å²) in [4.78, 5) is 26.8. The summed E-state index contributed by atoms with van der Waals surface area (Å²) in [5.74, 6) is 0.132. The molecule has 1 heterocycles. The fourth-order valence-corrected chi connectivity index (χ4v) is 4.75. The molecular weight excluding hydrogens is 495 g/mol. The lowest BCUT2D eigenvalue weighted by molar-refractivity contribution is -0.111. The molecule has 0 saturated heterocycles. The van der Waals surface area contributed by atoms with Crippen molar-refractivity contribution in [3.8, 4) is 5.75 Å². The van der Waals surface area contributed by atoms with Gasteiger partial charge in [0.2, 0.25) is 5.91 Å². The third-order valence-electron chi connectivity index (χ3n) is 6.26. The Bertz CT molecular complexity index is 1330. The Hall–Kier alpha value is -3.54. The van der Waals surface area contributed by atoms with Crippen molar-refractivity contribution < 1.29 is 14.3 Å². The van der Waals surface area contributed by atoms with E-state index in [9.17, 15) is 9.59 Å². The van der Waals surface area contributed by atoms with Crippen molar-refractivity contribution in [2.24, 2.45) is 0 Å². The summed E-state index contributed by atoms with van der Waals surface area (Å²) in [5, 5.41) is 3.98. The lowest BCUT2D eigenvalue weighted by Gasteiger charge is -2.38. The molecule has 3 aromatic rings. The van der Waals surface area contributed by atoms with E-state index in [0.717, 1.165) is 27.8 Å². The molecule has 1 atom stereocenters. The average molecular weight is 521 g/mol. The summed E-state index contributed by atoms with van der Waals surface area (Å²) in [5.41, 5.74) is 5.91. The quantitative estimate of drug-likeness (QED) is 0.348. The molecule has 0 aromatic heterocycles. The van der Waals surface area contributed by atoms with Gasteiger partial charge in [-0.2, -0.15) is 0 Å². The molecule has 3 aromatic carbocycles. The molecule has 1 N–H and O–H groups in total. The zero-order valence-electron chi connectivity index (χ0n) is 20.1. The highest BCUT2D eigenvalue weighted by atomic mass is 35.5. The Morgan fingerprint density at radius 1 is 1.00 bits per heavy atom. The second-order valence-electron chi connectivity index (χ2n) is 8.60. The second kappa shape index (κ2) is 11.0. The van der Waals surface area contributed by atoms with Crippen molar-refractivity contribution in [1.29, 1.82) is 0 Å². The van der Waals surface area contributed by atoms with E-state index in [0.29, 0.717) is 34.4 Å². The van der Waals surface area contributed by atoms with Crippen LogP contribution in [0.4, 0.5) is 10.5 Å². The third kappa shape index (κ3) is 5.64. The van der Waals surface area contributed by atoms with Gasteiger partial charge in [0, 0.05) is 22.3 Å². The average Bonchev–Trinajstić information content (AvgIpc) is 2.87. The maximum atomic E-state index is 13.4. The van der Waals surface area contributed by atoms with Crippen LogP contribution in [-0.4, -0.2) is 23.4 Å². The minimum Gasteiger partial charge on any atom is -0.410 e. The standard InChI is InChI=1S/C29H26Cl2N2O3/c1-4-27(34)32-23-11-6-20(7-12-23)28-19(3)25(26-17-22(31)8-5-18(26)2)15-16-33(28)29(35)36-24-13-9-21(30)10-14-24/h4-14,17,28H,1,15-16H2,2-3H3,(H,32,34). The highest BCUT2D eigenvalue weighted by molar-refractivity contribution is 6.31. The number of nitrogens with zero attached hydrogens (tertiary/aromatic N) is 1. The largest absolute Gasteiger partial charge is 0.416 e.